The second-order valence-corrected chi connectivity index (χ2v) is 11.5. The van der Waals surface area contributed by atoms with Gasteiger partial charge in [0, 0.05) is 18.3 Å². The van der Waals surface area contributed by atoms with E-state index in [2.05, 4.69) is 37.3 Å². The number of piperidine rings is 1. The molecule has 2 aromatic rings. The van der Waals surface area contributed by atoms with E-state index in [1.807, 2.05) is 45.0 Å². The van der Waals surface area contributed by atoms with Gasteiger partial charge in [-0.1, -0.05) is 12.1 Å². The Labute approximate surface area is 228 Å². The van der Waals surface area contributed by atoms with Crippen molar-refractivity contribution < 1.29 is 19.1 Å². The molecule has 3 aliphatic heterocycles. The van der Waals surface area contributed by atoms with Gasteiger partial charge in [0.1, 0.15) is 11.8 Å². The number of fused-ring (bicyclic) bond motifs is 1. The SMILES string of the molecule is CC(C)(C)OC(=O)[C@@H]1CC[C@@](CC#N)(N2NC(Nc3ccc(Cn4nccn4)cc3)C3C(=O)NCCC32)CO1. The third-order valence-electron chi connectivity index (χ3n) is 7.51. The first-order valence-corrected chi connectivity index (χ1v) is 13.4. The van der Waals surface area contributed by atoms with Crippen molar-refractivity contribution in [1.29, 1.82) is 5.26 Å². The highest BCUT2D eigenvalue weighted by Crippen LogP contribution is 2.40. The molecule has 3 aliphatic rings. The highest BCUT2D eigenvalue weighted by Gasteiger charge is 2.55. The second-order valence-electron chi connectivity index (χ2n) is 11.5. The number of nitrogens with one attached hydrogen (secondary N) is 3. The molecular weight excluding hydrogens is 500 g/mol. The summed E-state index contributed by atoms with van der Waals surface area (Å²) in [5, 5.41) is 26.6. The molecule has 4 heterocycles. The van der Waals surface area contributed by atoms with Crippen LogP contribution < -0.4 is 16.1 Å². The lowest BCUT2D eigenvalue weighted by Gasteiger charge is -2.47. The first-order valence-electron chi connectivity index (χ1n) is 13.4. The summed E-state index contributed by atoms with van der Waals surface area (Å²) in [5.41, 5.74) is 4.17. The zero-order valence-corrected chi connectivity index (χ0v) is 22.6. The molecule has 5 rings (SSSR count). The Morgan fingerprint density at radius 1 is 1.26 bits per heavy atom. The third-order valence-corrected chi connectivity index (χ3v) is 7.51. The van der Waals surface area contributed by atoms with E-state index in [1.54, 1.807) is 17.2 Å². The largest absolute Gasteiger partial charge is 0.458 e. The number of ether oxygens (including phenoxy) is 2. The first kappa shape index (κ1) is 27.1. The highest BCUT2D eigenvalue weighted by molar-refractivity contribution is 5.82. The number of aromatic nitrogens is 3. The molecule has 5 atom stereocenters. The number of hydrazine groups is 1. The zero-order chi connectivity index (χ0) is 27.6. The van der Waals surface area contributed by atoms with E-state index in [9.17, 15) is 14.9 Å². The van der Waals surface area contributed by atoms with Crippen LogP contribution in [0.5, 0.6) is 0 Å². The van der Waals surface area contributed by atoms with E-state index in [4.69, 9.17) is 9.47 Å². The van der Waals surface area contributed by atoms with Gasteiger partial charge in [0.25, 0.3) is 0 Å². The number of carbonyl (C=O) groups is 2. The number of hydrogen-bond donors (Lipinski definition) is 3. The van der Waals surface area contributed by atoms with Gasteiger partial charge in [0.2, 0.25) is 5.91 Å². The standard InChI is InChI=1S/C27H36N8O4/c1-26(2,3)39-25(37)21-8-10-27(11-12-28,17-38-21)35-20-9-13-29-24(36)22(20)23(33-35)32-19-6-4-18(5-7-19)16-34-30-14-15-31-34/h4-7,14-15,20-23,32-33H,8-11,13,16-17H2,1-3H3,(H,29,36)/t20?,21-,22?,23?,27-/m0/s1. The molecule has 1 aromatic heterocycles. The Morgan fingerprint density at radius 2 is 2.00 bits per heavy atom. The van der Waals surface area contributed by atoms with Gasteiger partial charge in [0.05, 0.1) is 49.5 Å². The van der Waals surface area contributed by atoms with Crippen molar-refractivity contribution in [1.82, 2.24) is 30.7 Å². The predicted molar refractivity (Wildman–Crippen MR) is 141 cm³/mol. The number of amides is 1. The van der Waals surface area contributed by atoms with Crippen LogP contribution in [0.3, 0.4) is 0 Å². The van der Waals surface area contributed by atoms with Gasteiger partial charge in [-0.3, -0.25) is 4.79 Å². The smallest absolute Gasteiger partial charge is 0.335 e. The van der Waals surface area contributed by atoms with Gasteiger partial charge in [-0.2, -0.15) is 20.3 Å². The fourth-order valence-corrected chi connectivity index (χ4v) is 5.72. The molecule has 3 N–H and O–H groups in total. The van der Waals surface area contributed by atoms with E-state index >= 15 is 0 Å². The van der Waals surface area contributed by atoms with E-state index in [1.165, 1.54) is 0 Å². The summed E-state index contributed by atoms with van der Waals surface area (Å²) in [7, 11) is 0. The van der Waals surface area contributed by atoms with E-state index in [0.29, 0.717) is 25.9 Å². The van der Waals surface area contributed by atoms with Gasteiger partial charge in [-0.15, -0.1) is 0 Å². The van der Waals surface area contributed by atoms with Crippen molar-refractivity contribution in [3.05, 3.63) is 42.2 Å². The molecule has 3 saturated heterocycles. The molecule has 0 bridgehead atoms. The minimum Gasteiger partial charge on any atom is -0.458 e. The van der Waals surface area contributed by atoms with E-state index < -0.39 is 17.2 Å². The van der Waals surface area contributed by atoms with Crippen LogP contribution in [0.15, 0.2) is 36.7 Å². The summed E-state index contributed by atoms with van der Waals surface area (Å²) in [6.45, 7) is 6.79. The molecule has 1 aromatic carbocycles. The fourth-order valence-electron chi connectivity index (χ4n) is 5.72. The highest BCUT2D eigenvalue weighted by atomic mass is 16.6. The summed E-state index contributed by atoms with van der Waals surface area (Å²) >= 11 is 0. The van der Waals surface area contributed by atoms with Crippen molar-refractivity contribution in [2.45, 2.75) is 82.5 Å². The average Bonchev–Trinajstić information content (AvgIpc) is 3.54. The molecule has 0 radical (unpaired) electrons. The Kier molecular flexibility index (Phi) is 7.57. The van der Waals surface area contributed by atoms with Crippen LogP contribution in [0.1, 0.15) is 52.0 Å². The van der Waals surface area contributed by atoms with Crippen LogP contribution >= 0.6 is 0 Å². The zero-order valence-electron chi connectivity index (χ0n) is 22.6. The molecule has 208 valence electrons. The van der Waals surface area contributed by atoms with Gasteiger partial charge in [-0.05, 0) is 57.7 Å². The molecule has 0 saturated carbocycles. The number of benzene rings is 1. The summed E-state index contributed by atoms with van der Waals surface area (Å²) in [5.74, 6) is -0.787. The Morgan fingerprint density at radius 3 is 2.64 bits per heavy atom. The summed E-state index contributed by atoms with van der Waals surface area (Å²) in [6, 6.07) is 10.1. The lowest BCUT2D eigenvalue weighted by Crippen LogP contribution is -2.63. The summed E-state index contributed by atoms with van der Waals surface area (Å²) in [6.07, 6.45) is 4.17. The summed E-state index contributed by atoms with van der Waals surface area (Å²) in [4.78, 5) is 27.3. The van der Waals surface area contributed by atoms with Crippen LogP contribution in [0.2, 0.25) is 0 Å². The van der Waals surface area contributed by atoms with Crippen LogP contribution in [-0.4, -0.2) is 74.5 Å². The minimum atomic E-state index is -0.676. The molecule has 3 unspecified atom stereocenters. The topological polar surface area (TPSA) is 146 Å². The number of nitrogens with zero attached hydrogens (tertiary/aromatic N) is 5. The minimum absolute atomic E-state index is 0.0319. The Balaban J connectivity index is 1.31. The monoisotopic (exact) mass is 536 g/mol. The van der Waals surface area contributed by atoms with Crippen molar-refractivity contribution in [3.63, 3.8) is 0 Å². The van der Waals surface area contributed by atoms with Crippen molar-refractivity contribution >= 4 is 17.6 Å². The fraction of sp³-hybridized carbons (Fsp3) is 0.593. The lowest BCUT2D eigenvalue weighted by molar-refractivity contribution is -0.180. The number of anilines is 1. The molecule has 3 fully saturated rings. The molecule has 12 heteroatoms. The van der Waals surface area contributed by atoms with Crippen LogP contribution in [0.25, 0.3) is 0 Å². The Bertz CT molecular complexity index is 1200. The van der Waals surface area contributed by atoms with Gasteiger partial charge in [0.15, 0.2) is 6.10 Å². The van der Waals surface area contributed by atoms with Gasteiger partial charge in [-0.25, -0.2) is 15.2 Å². The van der Waals surface area contributed by atoms with Crippen molar-refractivity contribution in [2.75, 3.05) is 18.5 Å². The molecule has 1 amide bonds. The van der Waals surface area contributed by atoms with Crippen molar-refractivity contribution in [2.24, 2.45) is 5.92 Å². The second kappa shape index (κ2) is 10.9. The molecular formula is C27H36N8O4. The maximum atomic E-state index is 13.1. The van der Waals surface area contributed by atoms with Gasteiger partial charge >= 0.3 is 5.97 Å². The Hall–Kier alpha value is -3.53. The quantitative estimate of drug-likeness (QED) is 0.446. The number of nitriles is 1. The normalized spacial score (nSPS) is 29.2. The average molecular weight is 537 g/mol. The number of carbonyl (C=O) groups excluding carboxylic acids is 2. The third kappa shape index (κ3) is 5.90. The molecule has 12 nitrogen and oxygen atoms in total. The first-order chi connectivity index (χ1) is 18.7. The summed E-state index contributed by atoms with van der Waals surface area (Å²) < 4.78 is 11.6. The van der Waals surface area contributed by atoms with Crippen molar-refractivity contribution in [3.8, 4) is 6.07 Å². The lowest BCUT2D eigenvalue weighted by atomic mass is 9.83. The van der Waals surface area contributed by atoms with Gasteiger partial charge < -0.3 is 20.1 Å². The maximum absolute atomic E-state index is 13.1. The number of esters is 1. The molecule has 39 heavy (non-hydrogen) atoms. The van der Waals surface area contributed by atoms with E-state index in [0.717, 1.165) is 17.7 Å². The van der Waals surface area contributed by atoms with E-state index in [-0.39, 0.29) is 43.0 Å². The van der Waals surface area contributed by atoms with Crippen LogP contribution in [0.4, 0.5) is 5.69 Å². The predicted octanol–water partition coefficient (Wildman–Crippen LogP) is 1.56. The maximum Gasteiger partial charge on any atom is 0.335 e. The van der Waals surface area contributed by atoms with Crippen LogP contribution in [0, 0.1) is 17.2 Å². The molecule has 0 aliphatic carbocycles. The molecule has 0 spiro atoms. The van der Waals surface area contributed by atoms with Crippen LogP contribution in [-0.2, 0) is 25.6 Å². The number of hydrogen-bond acceptors (Lipinski definition) is 10. The number of rotatable bonds is 7.